The van der Waals surface area contributed by atoms with E-state index in [1.807, 2.05) is 41.5 Å². The van der Waals surface area contributed by atoms with E-state index in [2.05, 4.69) is 0 Å². The van der Waals surface area contributed by atoms with Crippen LogP contribution in [0.25, 0.3) is 0 Å². The van der Waals surface area contributed by atoms with Crippen molar-refractivity contribution in [3.8, 4) is 0 Å². The number of hydrogen-bond donors (Lipinski definition) is 0. The molecule has 0 N–H and O–H groups in total. The van der Waals surface area contributed by atoms with E-state index in [1.165, 1.54) is 0 Å². The van der Waals surface area contributed by atoms with Crippen molar-refractivity contribution in [2.24, 2.45) is 10.8 Å². The predicted molar refractivity (Wildman–Crippen MR) is 93.1 cm³/mol. The van der Waals surface area contributed by atoms with E-state index in [1.54, 1.807) is 0 Å². The Morgan fingerprint density at radius 1 is 0.609 bits per heavy atom. The molecule has 0 spiro atoms. The molecule has 0 aliphatic rings. The van der Waals surface area contributed by atoms with Crippen molar-refractivity contribution >= 4 is 11.9 Å². The zero-order valence-corrected chi connectivity index (χ0v) is 16.0. The number of rotatable bonds is 10. The molecule has 0 atom stereocenters. The highest BCUT2D eigenvalue weighted by Gasteiger charge is 2.14. The number of unbranched alkanes of at least 4 members (excludes halogenated alkanes) is 4. The average molecular weight is 328 g/mol. The van der Waals surface area contributed by atoms with Crippen LogP contribution in [0.5, 0.6) is 0 Å². The van der Waals surface area contributed by atoms with E-state index in [0.29, 0.717) is 26.1 Å². The van der Waals surface area contributed by atoms with Gasteiger partial charge in [0.25, 0.3) is 0 Å². The number of carbonyl (C=O) groups excluding carboxylic acids is 2. The van der Waals surface area contributed by atoms with Crippen LogP contribution in [-0.4, -0.2) is 25.2 Å². The van der Waals surface area contributed by atoms with Gasteiger partial charge in [-0.2, -0.15) is 0 Å². The Hall–Kier alpha value is -1.06. The second-order valence-electron chi connectivity index (χ2n) is 8.71. The van der Waals surface area contributed by atoms with Crippen LogP contribution in [0.1, 0.15) is 86.5 Å². The SMILES string of the molecule is CC(C)(C)COC(=O)CCCCCCCC(=O)OCC(C)(C)C. The molecule has 0 amide bonds. The lowest BCUT2D eigenvalue weighted by Gasteiger charge is -2.17. The summed E-state index contributed by atoms with van der Waals surface area (Å²) in [5, 5.41) is 0. The van der Waals surface area contributed by atoms with Crippen LogP contribution in [0.3, 0.4) is 0 Å². The van der Waals surface area contributed by atoms with E-state index in [9.17, 15) is 9.59 Å². The van der Waals surface area contributed by atoms with Crippen LogP contribution >= 0.6 is 0 Å². The largest absolute Gasteiger partial charge is 0.465 e. The monoisotopic (exact) mass is 328 g/mol. The Balaban J connectivity index is 3.46. The van der Waals surface area contributed by atoms with Crippen LogP contribution in [0.15, 0.2) is 0 Å². The van der Waals surface area contributed by atoms with Gasteiger partial charge in [-0.3, -0.25) is 9.59 Å². The van der Waals surface area contributed by atoms with Crippen molar-refractivity contribution in [3.63, 3.8) is 0 Å². The second kappa shape index (κ2) is 10.7. The normalized spacial score (nSPS) is 12.1. The molecule has 136 valence electrons. The van der Waals surface area contributed by atoms with Crippen LogP contribution in [0, 0.1) is 10.8 Å². The van der Waals surface area contributed by atoms with Gasteiger partial charge in [-0.1, -0.05) is 60.8 Å². The molecule has 0 saturated heterocycles. The minimum Gasteiger partial charge on any atom is -0.465 e. The molecule has 0 aliphatic heterocycles. The maximum atomic E-state index is 11.5. The van der Waals surface area contributed by atoms with E-state index in [0.717, 1.165) is 32.1 Å². The lowest BCUT2D eigenvalue weighted by atomic mass is 9.99. The van der Waals surface area contributed by atoms with Crippen LogP contribution in [-0.2, 0) is 19.1 Å². The maximum Gasteiger partial charge on any atom is 0.305 e. The molecular weight excluding hydrogens is 292 g/mol. The quantitative estimate of drug-likeness (QED) is 0.423. The van der Waals surface area contributed by atoms with Crippen LogP contribution in [0.4, 0.5) is 0 Å². The minimum absolute atomic E-state index is 0.0251. The van der Waals surface area contributed by atoms with Gasteiger partial charge in [0.2, 0.25) is 0 Å². The molecule has 0 bridgehead atoms. The Labute approximate surface area is 142 Å². The average Bonchev–Trinajstić information content (AvgIpc) is 2.40. The fraction of sp³-hybridized carbons (Fsp3) is 0.895. The van der Waals surface area contributed by atoms with Gasteiger partial charge in [-0.25, -0.2) is 0 Å². The van der Waals surface area contributed by atoms with Gasteiger partial charge in [-0.15, -0.1) is 0 Å². The highest BCUT2D eigenvalue weighted by atomic mass is 16.5. The summed E-state index contributed by atoms with van der Waals surface area (Å²) in [6.07, 6.45) is 5.74. The first-order valence-corrected chi connectivity index (χ1v) is 8.81. The van der Waals surface area contributed by atoms with E-state index in [-0.39, 0.29) is 22.8 Å². The Morgan fingerprint density at radius 2 is 0.913 bits per heavy atom. The molecule has 0 aromatic rings. The lowest BCUT2D eigenvalue weighted by molar-refractivity contribution is -0.147. The molecular formula is C19H36O4. The summed E-state index contributed by atoms with van der Waals surface area (Å²) < 4.78 is 10.4. The fourth-order valence-corrected chi connectivity index (χ4v) is 1.81. The third kappa shape index (κ3) is 17.1. The van der Waals surface area contributed by atoms with Gasteiger partial charge >= 0.3 is 11.9 Å². The number of carbonyl (C=O) groups is 2. The third-order valence-electron chi connectivity index (χ3n) is 3.09. The Kier molecular flexibility index (Phi) is 10.2. The number of hydrogen-bond acceptors (Lipinski definition) is 4. The van der Waals surface area contributed by atoms with Crippen LogP contribution < -0.4 is 0 Å². The summed E-state index contributed by atoms with van der Waals surface area (Å²) in [5.41, 5.74) is 0.0501. The van der Waals surface area contributed by atoms with Crippen molar-refractivity contribution < 1.29 is 19.1 Å². The maximum absolute atomic E-state index is 11.5. The summed E-state index contributed by atoms with van der Waals surface area (Å²) in [7, 11) is 0. The van der Waals surface area contributed by atoms with Crippen LogP contribution in [0.2, 0.25) is 0 Å². The first kappa shape index (κ1) is 21.9. The molecule has 4 nitrogen and oxygen atoms in total. The highest BCUT2D eigenvalue weighted by molar-refractivity contribution is 5.69. The Morgan fingerprint density at radius 3 is 1.22 bits per heavy atom. The van der Waals surface area contributed by atoms with Gasteiger partial charge < -0.3 is 9.47 Å². The summed E-state index contributed by atoms with van der Waals surface area (Å²) in [4.78, 5) is 23.1. The van der Waals surface area contributed by atoms with Crippen molar-refractivity contribution in [2.75, 3.05) is 13.2 Å². The van der Waals surface area contributed by atoms with Crippen molar-refractivity contribution in [2.45, 2.75) is 86.5 Å². The van der Waals surface area contributed by atoms with E-state index in [4.69, 9.17) is 9.47 Å². The zero-order chi connectivity index (χ0) is 17.9. The number of esters is 2. The summed E-state index contributed by atoms with van der Waals surface area (Å²) in [6.45, 7) is 13.2. The topological polar surface area (TPSA) is 52.6 Å². The van der Waals surface area contributed by atoms with Gasteiger partial charge in [0.15, 0.2) is 0 Å². The van der Waals surface area contributed by atoms with Crippen molar-refractivity contribution in [1.82, 2.24) is 0 Å². The minimum atomic E-state index is -0.106. The molecule has 0 unspecified atom stereocenters. The van der Waals surface area contributed by atoms with Gasteiger partial charge in [0.1, 0.15) is 0 Å². The predicted octanol–water partition coefficient (Wildman–Crippen LogP) is 4.90. The Bertz CT molecular complexity index is 313. The first-order valence-electron chi connectivity index (χ1n) is 8.81. The van der Waals surface area contributed by atoms with Gasteiger partial charge in [-0.05, 0) is 23.7 Å². The summed E-state index contributed by atoms with van der Waals surface area (Å²) in [5.74, 6) is -0.212. The van der Waals surface area contributed by atoms with Gasteiger partial charge in [0, 0.05) is 12.8 Å². The smallest absolute Gasteiger partial charge is 0.305 e. The molecule has 0 fully saturated rings. The van der Waals surface area contributed by atoms with Crippen molar-refractivity contribution in [1.29, 1.82) is 0 Å². The van der Waals surface area contributed by atoms with E-state index >= 15 is 0 Å². The van der Waals surface area contributed by atoms with Crippen molar-refractivity contribution in [3.05, 3.63) is 0 Å². The summed E-state index contributed by atoms with van der Waals surface area (Å²) in [6, 6.07) is 0. The highest BCUT2D eigenvalue weighted by Crippen LogP contribution is 2.15. The van der Waals surface area contributed by atoms with E-state index < -0.39 is 0 Å². The molecule has 23 heavy (non-hydrogen) atoms. The molecule has 0 rings (SSSR count). The standard InChI is InChI=1S/C19H36O4/c1-18(2,3)14-22-16(20)12-10-8-7-9-11-13-17(21)23-15-19(4,5)6/h7-15H2,1-6H3. The molecule has 4 heteroatoms. The second-order valence-corrected chi connectivity index (χ2v) is 8.71. The molecule has 0 aromatic heterocycles. The fourth-order valence-electron chi connectivity index (χ4n) is 1.81. The molecule has 0 aromatic carbocycles. The summed E-state index contributed by atoms with van der Waals surface area (Å²) >= 11 is 0. The molecule has 0 saturated carbocycles. The number of ether oxygens (including phenoxy) is 2. The molecule has 0 radical (unpaired) electrons. The molecule has 0 aliphatic carbocycles. The lowest BCUT2D eigenvalue weighted by Crippen LogP contribution is -2.18. The third-order valence-corrected chi connectivity index (χ3v) is 3.09. The first-order chi connectivity index (χ1) is 10.5. The van der Waals surface area contributed by atoms with Gasteiger partial charge in [0.05, 0.1) is 13.2 Å². The molecule has 0 heterocycles. The zero-order valence-electron chi connectivity index (χ0n) is 16.0.